The van der Waals surface area contributed by atoms with Crippen LogP contribution in [0.5, 0.6) is 0 Å². The summed E-state index contributed by atoms with van der Waals surface area (Å²) in [5.41, 5.74) is 3.71. The Morgan fingerprint density at radius 2 is 2.07 bits per heavy atom. The molecular formula is C21H25N7O2. The second kappa shape index (κ2) is 8.40. The number of anilines is 1. The van der Waals surface area contributed by atoms with Crippen molar-refractivity contribution in [3.8, 4) is 11.5 Å². The Balaban J connectivity index is 1.35. The van der Waals surface area contributed by atoms with Crippen molar-refractivity contribution in [3.63, 3.8) is 0 Å². The van der Waals surface area contributed by atoms with E-state index in [0.717, 1.165) is 16.9 Å². The highest BCUT2D eigenvalue weighted by Crippen LogP contribution is 2.19. The lowest BCUT2D eigenvalue weighted by Gasteiger charge is -2.35. The minimum absolute atomic E-state index is 0.0142. The SMILES string of the molecule is CN=C(NCc1coc(-c2ccc(C)cc2)n1)N1CCN(c2cnn(C)c2)C(=O)C1. The van der Waals surface area contributed by atoms with Crippen LogP contribution in [0.4, 0.5) is 5.69 Å². The highest BCUT2D eigenvalue weighted by atomic mass is 16.3. The first-order chi connectivity index (χ1) is 14.5. The summed E-state index contributed by atoms with van der Waals surface area (Å²) in [5.74, 6) is 1.26. The van der Waals surface area contributed by atoms with E-state index >= 15 is 0 Å². The Kier molecular flexibility index (Phi) is 5.51. The van der Waals surface area contributed by atoms with Crippen LogP contribution in [0.15, 0.2) is 52.3 Å². The van der Waals surface area contributed by atoms with Gasteiger partial charge in [0.1, 0.15) is 12.8 Å². The molecule has 1 aromatic carbocycles. The number of aromatic nitrogens is 3. The molecule has 0 radical (unpaired) electrons. The molecule has 0 aliphatic carbocycles. The number of nitrogens with zero attached hydrogens (tertiary/aromatic N) is 6. The number of oxazole rings is 1. The first-order valence-electron chi connectivity index (χ1n) is 9.79. The van der Waals surface area contributed by atoms with Crippen LogP contribution in [0, 0.1) is 6.92 Å². The monoisotopic (exact) mass is 407 g/mol. The molecule has 3 heterocycles. The number of aryl methyl sites for hydroxylation is 2. The van der Waals surface area contributed by atoms with E-state index in [2.05, 4.69) is 20.4 Å². The second-order valence-electron chi connectivity index (χ2n) is 7.25. The van der Waals surface area contributed by atoms with E-state index in [1.54, 1.807) is 29.1 Å². The number of benzene rings is 1. The van der Waals surface area contributed by atoms with Gasteiger partial charge in [0.25, 0.3) is 0 Å². The number of aliphatic imine (C=N–C) groups is 1. The fourth-order valence-electron chi connectivity index (χ4n) is 3.39. The van der Waals surface area contributed by atoms with E-state index in [4.69, 9.17) is 4.42 Å². The number of nitrogens with one attached hydrogen (secondary N) is 1. The van der Waals surface area contributed by atoms with E-state index in [9.17, 15) is 4.79 Å². The van der Waals surface area contributed by atoms with Gasteiger partial charge in [-0.15, -0.1) is 0 Å². The number of hydrogen-bond donors (Lipinski definition) is 1. The third-order valence-electron chi connectivity index (χ3n) is 5.01. The molecule has 0 spiro atoms. The van der Waals surface area contributed by atoms with Gasteiger partial charge in [0, 0.05) is 38.9 Å². The first kappa shape index (κ1) is 19.7. The summed E-state index contributed by atoms with van der Waals surface area (Å²) in [4.78, 5) is 25.2. The average Bonchev–Trinajstić information content (AvgIpc) is 3.38. The van der Waals surface area contributed by atoms with Crippen molar-refractivity contribution in [2.24, 2.45) is 12.0 Å². The molecule has 30 heavy (non-hydrogen) atoms. The van der Waals surface area contributed by atoms with Crippen LogP contribution in [-0.2, 0) is 18.4 Å². The number of carbonyl (C=O) groups excluding carboxylic acids is 1. The van der Waals surface area contributed by atoms with Gasteiger partial charge in [-0.1, -0.05) is 17.7 Å². The lowest BCUT2D eigenvalue weighted by molar-refractivity contribution is -0.120. The molecule has 1 N–H and O–H groups in total. The van der Waals surface area contributed by atoms with Gasteiger partial charge in [0.15, 0.2) is 5.96 Å². The van der Waals surface area contributed by atoms with Crippen molar-refractivity contribution in [1.29, 1.82) is 0 Å². The van der Waals surface area contributed by atoms with Crippen LogP contribution < -0.4 is 10.2 Å². The maximum Gasteiger partial charge on any atom is 0.246 e. The second-order valence-corrected chi connectivity index (χ2v) is 7.25. The lowest BCUT2D eigenvalue weighted by atomic mass is 10.1. The van der Waals surface area contributed by atoms with Crippen molar-refractivity contribution < 1.29 is 9.21 Å². The van der Waals surface area contributed by atoms with Gasteiger partial charge in [0.2, 0.25) is 11.8 Å². The standard InChI is InChI=1S/C21H25N7O2/c1-15-4-6-16(7-5-15)20-25-17(14-30-20)10-23-21(22-2)27-8-9-28(19(29)13-27)18-11-24-26(3)12-18/h4-7,11-12,14H,8-10,13H2,1-3H3,(H,22,23). The normalized spacial score (nSPS) is 15.0. The maximum absolute atomic E-state index is 12.6. The van der Waals surface area contributed by atoms with E-state index < -0.39 is 0 Å². The zero-order valence-electron chi connectivity index (χ0n) is 17.4. The quantitative estimate of drug-likeness (QED) is 0.524. The Bertz CT molecular complexity index is 1050. The van der Waals surface area contributed by atoms with Crippen LogP contribution in [0.1, 0.15) is 11.3 Å². The Morgan fingerprint density at radius 3 is 2.73 bits per heavy atom. The molecule has 2 aromatic heterocycles. The molecule has 0 saturated carbocycles. The van der Waals surface area contributed by atoms with Gasteiger partial charge >= 0.3 is 0 Å². The summed E-state index contributed by atoms with van der Waals surface area (Å²) >= 11 is 0. The summed E-state index contributed by atoms with van der Waals surface area (Å²) in [6.07, 6.45) is 5.19. The molecular weight excluding hydrogens is 382 g/mol. The molecule has 1 fully saturated rings. The summed E-state index contributed by atoms with van der Waals surface area (Å²) in [6, 6.07) is 8.04. The summed E-state index contributed by atoms with van der Waals surface area (Å²) < 4.78 is 7.30. The summed E-state index contributed by atoms with van der Waals surface area (Å²) in [5, 5.41) is 7.42. The minimum Gasteiger partial charge on any atom is -0.444 e. The first-order valence-corrected chi connectivity index (χ1v) is 9.79. The summed E-state index contributed by atoms with van der Waals surface area (Å²) in [6.45, 7) is 4.00. The minimum atomic E-state index is 0.0142. The van der Waals surface area contributed by atoms with Crippen molar-refractivity contribution in [2.45, 2.75) is 13.5 Å². The molecule has 1 saturated heterocycles. The van der Waals surface area contributed by atoms with Crippen LogP contribution in [-0.4, -0.2) is 58.2 Å². The number of guanidine groups is 1. The molecule has 3 aromatic rings. The van der Waals surface area contributed by atoms with Gasteiger partial charge in [0.05, 0.1) is 24.1 Å². The van der Waals surface area contributed by atoms with Gasteiger partial charge in [-0.25, -0.2) is 4.98 Å². The van der Waals surface area contributed by atoms with Crippen LogP contribution in [0.25, 0.3) is 11.5 Å². The van der Waals surface area contributed by atoms with E-state index in [-0.39, 0.29) is 12.5 Å². The predicted octanol–water partition coefficient (Wildman–Crippen LogP) is 1.81. The smallest absolute Gasteiger partial charge is 0.246 e. The molecule has 1 aliphatic rings. The molecule has 1 aliphatic heterocycles. The van der Waals surface area contributed by atoms with Crippen molar-refractivity contribution in [1.82, 2.24) is 25.0 Å². The van der Waals surface area contributed by atoms with E-state index in [1.165, 1.54) is 5.56 Å². The highest BCUT2D eigenvalue weighted by Gasteiger charge is 2.27. The van der Waals surface area contributed by atoms with E-state index in [1.807, 2.05) is 49.3 Å². The number of hydrogen-bond acceptors (Lipinski definition) is 5. The zero-order chi connectivity index (χ0) is 21.1. The van der Waals surface area contributed by atoms with Crippen LogP contribution in [0.2, 0.25) is 0 Å². The predicted molar refractivity (Wildman–Crippen MR) is 114 cm³/mol. The van der Waals surface area contributed by atoms with Gasteiger partial charge in [-0.2, -0.15) is 5.10 Å². The molecule has 1 amide bonds. The third kappa shape index (κ3) is 4.19. The van der Waals surface area contributed by atoms with E-state index in [0.29, 0.717) is 31.5 Å². The average molecular weight is 407 g/mol. The largest absolute Gasteiger partial charge is 0.444 e. The fourth-order valence-corrected chi connectivity index (χ4v) is 3.39. The van der Waals surface area contributed by atoms with Gasteiger partial charge < -0.3 is 19.5 Å². The lowest BCUT2D eigenvalue weighted by Crippen LogP contribution is -2.55. The van der Waals surface area contributed by atoms with Crippen molar-refractivity contribution in [3.05, 3.63) is 54.2 Å². The maximum atomic E-state index is 12.6. The van der Waals surface area contributed by atoms with Crippen molar-refractivity contribution in [2.75, 3.05) is 31.6 Å². The Hall–Kier alpha value is -3.62. The molecule has 9 nitrogen and oxygen atoms in total. The highest BCUT2D eigenvalue weighted by molar-refractivity contribution is 5.98. The van der Waals surface area contributed by atoms with Crippen LogP contribution >= 0.6 is 0 Å². The topological polar surface area (TPSA) is 91.8 Å². The fraction of sp³-hybridized carbons (Fsp3) is 0.333. The summed E-state index contributed by atoms with van der Waals surface area (Å²) in [7, 11) is 3.55. The zero-order valence-corrected chi connectivity index (χ0v) is 17.4. The molecule has 0 atom stereocenters. The van der Waals surface area contributed by atoms with Crippen molar-refractivity contribution >= 4 is 17.6 Å². The van der Waals surface area contributed by atoms with Crippen LogP contribution in [0.3, 0.4) is 0 Å². The number of amides is 1. The van der Waals surface area contributed by atoms with Gasteiger partial charge in [-0.3, -0.25) is 14.5 Å². The Morgan fingerprint density at radius 1 is 1.27 bits per heavy atom. The van der Waals surface area contributed by atoms with Gasteiger partial charge in [-0.05, 0) is 19.1 Å². The third-order valence-corrected chi connectivity index (χ3v) is 5.01. The molecule has 0 bridgehead atoms. The molecule has 0 unspecified atom stereocenters. The Labute approximate surface area is 175 Å². The number of piperazine rings is 1. The molecule has 156 valence electrons. The molecule has 4 rings (SSSR count). The number of carbonyl (C=O) groups is 1. The number of rotatable bonds is 4. The molecule has 9 heteroatoms.